The van der Waals surface area contributed by atoms with Crippen molar-refractivity contribution in [1.29, 1.82) is 0 Å². The van der Waals surface area contributed by atoms with Gasteiger partial charge in [-0.1, -0.05) is 35.3 Å². The highest BCUT2D eigenvalue weighted by atomic mass is 35.5. The molecule has 1 aliphatic heterocycles. The Morgan fingerprint density at radius 1 is 0.955 bits per heavy atom. The summed E-state index contributed by atoms with van der Waals surface area (Å²) >= 11 is 12.3. The Morgan fingerprint density at radius 2 is 1.68 bits per heavy atom. The van der Waals surface area contributed by atoms with E-state index in [1.54, 1.807) is 6.21 Å². The molecule has 4 nitrogen and oxygen atoms in total. The molecule has 1 fully saturated rings. The normalized spacial score (nSPS) is 15.5. The second-order valence-electron chi connectivity index (χ2n) is 5.01. The topological polar surface area (TPSA) is 31.7 Å². The summed E-state index contributed by atoms with van der Waals surface area (Å²) in [5.74, 6) is 1.01. The third-order valence-electron chi connectivity index (χ3n) is 3.58. The van der Waals surface area contributed by atoms with Crippen molar-refractivity contribution in [2.45, 2.75) is 0 Å². The minimum atomic E-state index is 0.614. The zero-order chi connectivity index (χ0) is 15.4. The van der Waals surface area contributed by atoms with Gasteiger partial charge in [0.25, 0.3) is 0 Å². The zero-order valence-corrected chi connectivity index (χ0v) is 13.5. The minimum Gasteiger partial charge on any atom is -0.353 e. The smallest absolute Gasteiger partial charge is 0.128 e. The highest BCUT2D eigenvalue weighted by Crippen LogP contribution is 2.22. The van der Waals surface area contributed by atoms with Gasteiger partial charge in [0.15, 0.2) is 0 Å². The van der Waals surface area contributed by atoms with E-state index in [-0.39, 0.29) is 0 Å². The number of benzene rings is 1. The van der Waals surface area contributed by atoms with E-state index in [1.165, 1.54) is 0 Å². The van der Waals surface area contributed by atoms with Crippen molar-refractivity contribution in [2.24, 2.45) is 5.10 Å². The van der Waals surface area contributed by atoms with Crippen molar-refractivity contribution in [3.05, 3.63) is 58.2 Å². The molecule has 6 heteroatoms. The van der Waals surface area contributed by atoms with E-state index in [4.69, 9.17) is 23.2 Å². The molecule has 3 rings (SSSR count). The Kier molecular flexibility index (Phi) is 4.80. The van der Waals surface area contributed by atoms with Crippen molar-refractivity contribution >= 4 is 35.2 Å². The molecule has 0 aliphatic carbocycles. The Bertz CT molecular complexity index is 632. The number of pyridine rings is 1. The number of hydrogen-bond donors (Lipinski definition) is 0. The quantitative estimate of drug-likeness (QED) is 0.804. The summed E-state index contributed by atoms with van der Waals surface area (Å²) in [5, 5.41) is 7.75. The maximum Gasteiger partial charge on any atom is 0.128 e. The molecule has 0 saturated carbocycles. The van der Waals surface area contributed by atoms with Crippen molar-refractivity contribution in [1.82, 2.24) is 9.99 Å². The van der Waals surface area contributed by atoms with Crippen LogP contribution in [0.1, 0.15) is 5.56 Å². The molecule has 1 saturated heterocycles. The number of halogens is 2. The summed E-state index contributed by atoms with van der Waals surface area (Å²) in [4.78, 5) is 6.64. The van der Waals surface area contributed by atoms with Gasteiger partial charge >= 0.3 is 0 Å². The molecule has 0 bridgehead atoms. The van der Waals surface area contributed by atoms with Crippen LogP contribution < -0.4 is 4.90 Å². The van der Waals surface area contributed by atoms with E-state index in [2.05, 4.69) is 15.0 Å². The van der Waals surface area contributed by atoms with Crippen LogP contribution in [0.4, 0.5) is 5.82 Å². The van der Waals surface area contributed by atoms with Gasteiger partial charge in [-0.15, -0.1) is 0 Å². The largest absolute Gasteiger partial charge is 0.353 e. The van der Waals surface area contributed by atoms with E-state index >= 15 is 0 Å². The highest BCUT2D eigenvalue weighted by Gasteiger charge is 2.16. The molecule has 0 spiro atoms. The first-order valence-corrected chi connectivity index (χ1v) is 7.88. The summed E-state index contributed by atoms with van der Waals surface area (Å²) in [6.45, 7) is 3.47. The summed E-state index contributed by atoms with van der Waals surface area (Å²) in [5.41, 5.74) is 0.762. The molecule has 2 aromatic rings. The molecule has 22 heavy (non-hydrogen) atoms. The molecule has 0 atom stereocenters. The number of anilines is 1. The average Bonchev–Trinajstić information content (AvgIpc) is 2.56. The number of aromatic nitrogens is 1. The van der Waals surface area contributed by atoms with Crippen molar-refractivity contribution in [2.75, 3.05) is 31.1 Å². The number of rotatable bonds is 3. The Balaban J connectivity index is 1.61. The van der Waals surface area contributed by atoms with Gasteiger partial charge < -0.3 is 4.90 Å². The van der Waals surface area contributed by atoms with E-state index in [9.17, 15) is 0 Å². The molecular weight excluding hydrogens is 319 g/mol. The van der Waals surface area contributed by atoms with Crippen molar-refractivity contribution in [3.63, 3.8) is 0 Å². The van der Waals surface area contributed by atoms with Gasteiger partial charge in [-0.05, 0) is 24.3 Å². The lowest BCUT2D eigenvalue weighted by molar-refractivity contribution is 0.271. The molecule has 2 heterocycles. The van der Waals surface area contributed by atoms with Crippen LogP contribution in [0.2, 0.25) is 10.0 Å². The molecule has 0 N–H and O–H groups in total. The summed E-state index contributed by atoms with van der Waals surface area (Å²) < 4.78 is 0. The molecule has 1 aromatic carbocycles. The minimum absolute atomic E-state index is 0.614. The van der Waals surface area contributed by atoms with Gasteiger partial charge in [0.2, 0.25) is 0 Å². The Morgan fingerprint density at radius 3 is 2.32 bits per heavy atom. The summed E-state index contributed by atoms with van der Waals surface area (Å²) in [6, 6.07) is 11.4. The number of hydrazone groups is 1. The average molecular weight is 335 g/mol. The number of hydrogen-bond acceptors (Lipinski definition) is 4. The SMILES string of the molecule is Clc1cccc(Cl)c1/C=N\N1CCN(c2ccccn2)CC1. The lowest BCUT2D eigenvalue weighted by Crippen LogP contribution is -2.44. The Labute approximate surface area is 140 Å². The van der Waals surface area contributed by atoms with Gasteiger partial charge in [0.1, 0.15) is 5.82 Å². The van der Waals surface area contributed by atoms with Crippen LogP contribution in [-0.4, -0.2) is 42.4 Å². The van der Waals surface area contributed by atoms with Gasteiger partial charge in [-0.25, -0.2) is 4.98 Å². The van der Waals surface area contributed by atoms with Crippen LogP contribution >= 0.6 is 23.2 Å². The number of piperazine rings is 1. The van der Waals surface area contributed by atoms with Crippen molar-refractivity contribution < 1.29 is 0 Å². The van der Waals surface area contributed by atoms with Crippen LogP contribution in [0.3, 0.4) is 0 Å². The standard InChI is InChI=1S/C16H16Cl2N4/c17-14-4-3-5-15(18)13(14)12-20-22-10-8-21(9-11-22)16-6-1-2-7-19-16/h1-7,12H,8-11H2/b20-12-. The molecule has 1 aromatic heterocycles. The van der Waals surface area contributed by atoms with Crippen LogP contribution in [0.25, 0.3) is 0 Å². The van der Waals surface area contributed by atoms with Gasteiger partial charge in [0.05, 0.1) is 29.3 Å². The highest BCUT2D eigenvalue weighted by molar-refractivity contribution is 6.38. The van der Waals surface area contributed by atoms with Crippen LogP contribution in [0, 0.1) is 0 Å². The van der Waals surface area contributed by atoms with E-state index in [0.29, 0.717) is 10.0 Å². The fourth-order valence-electron chi connectivity index (χ4n) is 2.35. The second kappa shape index (κ2) is 6.99. The van der Waals surface area contributed by atoms with E-state index in [1.807, 2.05) is 47.6 Å². The van der Waals surface area contributed by atoms with Crippen LogP contribution in [0.15, 0.2) is 47.7 Å². The summed E-state index contributed by atoms with van der Waals surface area (Å²) in [6.07, 6.45) is 3.56. The fraction of sp³-hybridized carbons (Fsp3) is 0.250. The molecule has 114 valence electrons. The second-order valence-corrected chi connectivity index (χ2v) is 5.82. The molecule has 0 amide bonds. The maximum atomic E-state index is 6.14. The maximum absolute atomic E-state index is 6.14. The van der Waals surface area contributed by atoms with Crippen molar-refractivity contribution in [3.8, 4) is 0 Å². The van der Waals surface area contributed by atoms with Crippen LogP contribution in [0.5, 0.6) is 0 Å². The molecule has 1 aliphatic rings. The van der Waals surface area contributed by atoms with E-state index in [0.717, 1.165) is 37.6 Å². The predicted molar refractivity (Wildman–Crippen MR) is 92.1 cm³/mol. The van der Waals surface area contributed by atoms with Gasteiger partial charge in [0, 0.05) is 24.8 Å². The molecule has 0 unspecified atom stereocenters. The first kappa shape index (κ1) is 15.1. The monoisotopic (exact) mass is 334 g/mol. The third-order valence-corrected chi connectivity index (χ3v) is 4.24. The zero-order valence-electron chi connectivity index (χ0n) is 12.0. The lowest BCUT2D eigenvalue weighted by atomic mass is 10.2. The summed E-state index contributed by atoms with van der Waals surface area (Å²) in [7, 11) is 0. The van der Waals surface area contributed by atoms with Gasteiger partial charge in [-0.2, -0.15) is 5.10 Å². The predicted octanol–water partition coefficient (Wildman–Crippen LogP) is 3.54. The first-order chi connectivity index (χ1) is 10.7. The molecule has 0 radical (unpaired) electrons. The van der Waals surface area contributed by atoms with Gasteiger partial charge in [-0.3, -0.25) is 5.01 Å². The fourth-order valence-corrected chi connectivity index (χ4v) is 2.85. The number of nitrogens with zero attached hydrogens (tertiary/aromatic N) is 4. The molecular formula is C16H16Cl2N4. The Hall–Kier alpha value is -1.78. The lowest BCUT2D eigenvalue weighted by Gasteiger charge is -2.33. The third kappa shape index (κ3) is 3.51. The van der Waals surface area contributed by atoms with E-state index < -0.39 is 0 Å². The first-order valence-electron chi connectivity index (χ1n) is 7.13. The van der Waals surface area contributed by atoms with Crippen LogP contribution in [-0.2, 0) is 0 Å².